The largest absolute Gasteiger partial charge is 0.462 e. The van der Waals surface area contributed by atoms with Crippen LogP contribution in [0.4, 0.5) is 0 Å². The van der Waals surface area contributed by atoms with Crippen LogP contribution < -0.4 is 0 Å². The number of hydrogen-bond donors (Lipinski definition) is 0. The summed E-state index contributed by atoms with van der Waals surface area (Å²) in [6, 6.07) is 0. The van der Waals surface area contributed by atoms with Crippen molar-refractivity contribution in [3.8, 4) is 0 Å². The number of hydrogen-bond acceptors (Lipinski definition) is 6. The van der Waals surface area contributed by atoms with Gasteiger partial charge in [0.05, 0.1) is 0 Å². The first-order valence-electron chi connectivity index (χ1n) is 12.9. The molecule has 0 unspecified atom stereocenters. The van der Waals surface area contributed by atoms with Crippen LogP contribution in [0, 0.1) is 0 Å². The molecule has 0 aliphatic rings. The monoisotopic (exact) mass is 500 g/mol. The minimum Gasteiger partial charge on any atom is -0.462 e. The first-order valence-corrected chi connectivity index (χ1v) is 12.9. The molecule has 200 valence electrons. The van der Waals surface area contributed by atoms with E-state index >= 15 is 0 Å². The average molecular weight is 501 g/mol. The Balaban J connectivity index is 4.57. The van der Waals surface area contributed by atoms with Crippen molar-refractivity contribution in [2.24, 2.45) is 0 Å². The third-order valence-corrected chi connectivity index (χ3v) is 4.73. The van der Waals surface area contributed by atoms with E-state index in [0.717, 1.165) is 19.3 Å². The molecule has 0 fully saturated rings. The molecule has 0 saturated heterocycles. The number of allylic oxidation sites excluding steroid dienone is 12. The summed E-state index contributed by atoms with van der Waals surface area (Å²) in [4.78, 5) is 36.4. The van der Waals surface area contributed by atoms with Gasteiger partial charge in [0.25, 0.3) is 0 Å². The molecule has 0 bridgehead atoms. The van der Waals surface area contributed by atoms with Gasteiger partial charge in [-0.2, -0.15) is 0 Å². The van der Waals surface area contributed by atoms with Crippen LogP contribution in [0.5, 0.6) is 0 Å². The summed E-state index contributed by atoms with van der Waals surface area (Å²) >= 11 is 0. The topological polar surface area (TPSA) is 78.9 Å². The van der Waals surface area contributed by atoms with Crippen molar-refractivity contribution in [2.45, 2.75) is 84.7 Å². The fourth-order valence-corrected chi connectivity index (χ4v) is 2.83. The molecule has 0 atom stereocenters. The average Bonchev–Trinajstić information content (AvgIpc) is 2.87. The smallest absolute Gasteiger partial charge is 0.306 e. The van der Waals surface area contributed by atoms with Crippen molar-refractivity contribution in [1.29, 1.82) is 0 Å². The molecule has 0 aromatic heterocycles. The summed E-state index contributed by atoms with van der Waals surface area (Å²) in [6.07, 6.45) is 27.5. The summed E-state index contributed by atoms with van der Waals surface area (Å²) in [6.45, 7) is 5.54. The van der Waals surface area contributed by atoms with Gasteiger partial charge in [-0.1, -0.05) is 72.9 Å². The lowest BCUT2D eigenvalue weighted by Gasteiger charge is -2.18. The van der Waals surface area contributed by atoms with E-state index in [0.29, 0.717) is 19.3 Å². The third kappa shape index (κ3) is 22.6. The fourth-order valence-electron chi connectivity index (χ4n) is 2.83. The Morgan fingerprint density at radius 1 is 0.556 bits per heavy atom. The van der Waals surface area contributed by atoms with Gasteiger partial charge in [-0.15, -0.1) is 0 Å². The summed E-state index contributed by atoms with van der Waals surface area (Å²) in [5, 5.41) is 0. The molecule has 6 heteroatoms. The number of esters is 3. The molecule has 0 aromatic carbocycles. The summed E-state index contributed by atoms with van der Waals surface area (Å²) in [5.41, 5.74) is 0. The first-order chi connectivity index (χ1) is 17.5. The Hall–Kier alpha value is -3.15. The Bertz CT molecular complexity index is 726. The van der Waals surface area contributed by atoms with Crippen molar-refractivity contribution in [3.05, 3.63) is 72.9 Å². The van der Waals surface area contributed by atoms with Gasteiger partial charge >= 0.3 is 17.9 Å². The van der Waals surface area contributed by atoms with Crippen molar-refractivity contribution < 1.29 is 28.6 Å². The standard InChI is InChI=1S/C30H44O6/c1-4-7-10-13-16-19-22-28(31)34-25-27(36-30(33)24-21-18-15-12-9-6-3)26-35-29(32)23-20-17-14-11-8-5-2/h4-15,27H,16-26H2,1-3H3. The number of unbranched alkanes of at least 4 members (excludes halogenated alkanes) is 3. The third-order valence-electron chi connectivity index (χ3n) is 4.73. The van der Waals surface area contributed by atoms with Gasteiger partial charge < -0.3 is 14.2 Å². The number of carbonyl (C=O) groups is 3. The molecular weight excluding hydrogens is 456 g/mol. The zero-order valence-electron chi connectivity index (χ0n) is 22.2. The quantitative estimate of drug-likeness (QED) is 0.0783. The molecule has 0 heterocycles. The van der Waals surface area contributed by atoms with Gasteiger partial charge in [-0.05, 0) is 59.3 Å². The van der Waals surface area contributed by atoms with Gasteiger partial charge in [-0.25, -0.2) is 0 Å². The maximum atomic E-state index is 12.3. The molecule has 0 saturated carbocycles. The number of carbonyl (C=O) groups excluding carboxylic acids is 3. The predicted molar refractivity (Wildman–Crippen MR) is 145 cm³/mol. The molecule has 0 rings (SSSR count). The van der Waals surface area contributed by atoms with E-state index in [9.17, 15) is 14.4 Å². The second kappa shape index (κ2) is 25.0. The SMILES string of the molecule is CC=CC=CCCCC(=O)OCC(COC(=O)CCCC=CC=CC)OC(=O)CCCC=CC=CC. The Labute approximate surface area is 217 Å². The van der Waals surface area contributed by atoms with E-state index < -0.39 is 12.1 Å². The highest BCUT2D eigenvalue weighted by Crippen LogP contribution is 2.07. The van der Waals surface area contributed by atoms with Gasteiger partial charge in [0, 0.05) is 19.3 Å². The normalized spacial score (nSPS) is 13.1. The van der Waals surface area contributed by atoms with Crippen molar-refractivity contribution in [2.75, 3.05) is 13.2 Å². The Morgan fingerprint density at radius 2 is 0.917 bits per heavy atom. The summed E-state index contributed by atoms with van der Waals surface area (Å²) in [5.74, 6) is -1.15. The minimum atomic E-state index is -0.826. The zero-order chi connectivity index (χ0) is 26.7. The maximum absolute atomic E-state index is 12.3. The van der Waals surface area contributed by atoms with E-state index in [-0.39, 0.29) is 44.4 Å². The maximum Gasteiger partial charge on any atom is 0.306 e. The lowest BCUT2D eigenvalue weighted by Crippen LogP contribution is -2.30. The Kier molecular flexibility index (Phi) is 22.8. The van der Waals surface area contributed by atoms with E-state index in [2.05, 4.69) is 0 Å². The van der Waals surface area contributed by atoms with Crippen LogP contribution in [-0.2, 0) is 28.6 Å². The van der Waals surface area contributed by atoms with Crippen molar-refractivity contribution >= 4 is 17.9 Å². The van der Waals surface area contributed by atoms with Crippen molar-refractivity contribution in [1.82, 2.24) is 0 Å². The lowest BCUT2D eigenvalue weighted by atomic mass is 10.2. The second-order valence-corrected chi connectivity index (χ2v) is 8.02. The molecule has 0 amide bonds. The fraction of sp³-hybridized carbons (Fsp3) is 0.500. The molecule has 0 radical (unpaired) electrons. The number of ether oxygens (including phenoxy) is 3. The predicted octanol–water partition coefficient (Wildman–Crippen LogP) is 6.89. The molecule has 36 heavy (non-hydrogen) atoms. The van der Waals surface area contributed by atoms with Gasteiger partial charge in [0.2, 0.25) is 0 Å². The van der Waals surface area contributed by atoms with E-state index in [1.165, 1.54) is 0 Å². The van der Waals surface area contributed by atoms with E-state index in [1.54, 1.807) is 0 Å². The highest BCUT2D eigenvalue weighted by molar-refractivity contribution is 5.71. The van der Waals surface area contributed by atoms with Crippen LogP contribution in [0.3, 0.4) is 0 Å². The van der Waals surface area contributed by atoms with Crippen LogP contribution in [0.25, 0.3) is 0 Å². The first kappa shape index (κ1) is 32.8. The molecule has 0 aliphatic carbocycles. The number of rotatable bonds is 20. The highest BCUT2D eigenvalue weighted by atomic mass is 16.6. The molecular formula is C30H44O6. The van der Waals surface area contributed by atoms with E-state index in [1.807, 2.05) is 93.7 Å². The molecule has 6 nitrogen and oxygen atoms in total. The second-order valence-electron chi connectivity index (χ2n) is 8.02. The van der Waals surface area contributed by atoms with Gasteiger partial charge in [-0.3, -0.25) is 14.4 Å². The van der Waals surface area contributed by atoms with Crippen LogP contribution in [0.1, 0.15) is 78.6 Å². The van der Waals surface area contributed by atoms with Crippen molar-refractivity contribution in [3.63, 3.8) is 0 Å². The highest BCUT2D eigenvalue weighted by Gasteiger charge is 2.19. The van der Waals surface area contributed by atoms with Crippen LogP contribution in [0.15, 0.2) is 72.9 Å². The molecule has 0 spiro atoms. The molecule has 0 N–H and O–H groups in total. The Morgan fingerprint density at radius 3 is 1.28 bits per heavy atom. The summed E-state index contributed by atoms with van der Waals surface area (Å²) < 4.78 is 16.0. The van der Waals surface area contributed by atoms with Gasteiger partial charge in [0.1, 0.15) is 13.2 Å². The van der Waals surface area contributed by atoms with E-state index in [4.69, 9.17) is 14.2 Å². The zero-order valence-corrected chi connectivity index (χ0v) is 22.2. The molecule has 0 aromatic rings. The van der Waals surface area contributed by atoms with Crippen LogP contribution in [0.2, 0.25) is 0 Å². The minimum absolute atomic E-state index is 0.139. The molecule has 0 aliphatic heterocycles. The lowest BCUT2D eigenvalue weighted by molar-refractivity contribution is -0.166. The van der Waals surface area contributed by atoms with Crippen LogP contribution >= 0.6 is 0 Å². The summed E-state index contributed by atoms with van der Waals surface area (Å²) in [7, 11) is 0. The van der Waals surface area contributed by atoms with Crippen LogP contribution in [-0.4, -0.2) is 37.2 Å². The van der Waals surface area contributed by atoms with Gasteiger partial charge in [0.15, 0.2) is 6.10 Å².